The molecule has 2 aromatic heterocycles. The molecule has 0 aliphatic heterocycles. The van der Waals surface area contributed by atoms with Gasteiger partial charge in [-0.1, -0.05) is 17.8 Å². The Morgan fingerprint density at radius 2 is 2.15 bits per heavy atom. The summed E-state index contributed by atoms with van der Waals surface area (Å²) in [5, 5.41) is 9.78. The summed E-state index contributed by atoms with van der Waals surface area (Å²) in [6.45, 7) is 1.81. The van der Waals surface area contributed by atoms with Gasteiger partial charge in [0, 0.05) is 5.69 Å². The second-order valence-corrected chi connectivity index (χ2v) is 6.33. The van der Waals surface area contributed by atoms with Crippen molar-refractivity contribution in [3.05, 3.63) is 45.9 Å². The van der Waals surface area contributed by atoms with E-state index >= 15 is 0 Å². The van der Waals surface area contributed by atoms with Crippen LogP contribution in [0.3, 0.4) is 0 Å². The highest BCUT2D eigenvalue weighted by Crippen LogP contribution is 2.19. The van der Waals surface area contributed by atoms with Crippen molar-refractivity contribution in [2.24, 2.45) is 0 Å². The van der Waals surface area contributed by atoms with Gasteiger partial charge in [0.2, 0.25) is 5.91 Å². The fourth-order valence-corrected chi connectivity index (χ4v) is 2.88. The summed E-state index contributed by atoms with van der Waals surface area (Å²) in [5.41, 5.74) is 1.70. The van der Waals surface area contributed by atoms with Crippen LogP contribution >= 0.6 is 11.8 Å². The minimum atomic E-state index is -0.482. The summed E-state index contributed by atoms with van der Waals surface area (Å²) in [7, 11) is 1.29. The number of fused-ring (bicyclic) bond motifs is 1. The number of methoxy groups -OCH3 is 1. The molecule has 3 N–H and O–H groups in total. The maximum absolute atomic E-state index is 12.2. The molecule has 3 aromatic rings. The van der Waals surface area contributed by atoms with Gasteiger partial charge in [-0.2, -0.15) is 5.10 Å². The van der Waals surface area contributed by atoms with Crippen molar-refractivity contribution in [3.63, 3.8) is 0 Å². The zero-order valence-electron chi connectivity index (χ0n) is 14.0. The van der Waals surface area contributed by atoms with Crippen LogP contribution in [0.4, 0.5) is 5.69 Å². The Bertz CT molecular complexity index is 1040. The van der Waals surface area contributed by atoms with Crippen LogP contribution in [0.5, 0.6) is 0 Å². The van der Waals surface area contributed by atoms with Crippen LogP contribution in [0.2, 0.25) is 0 Å². The van der Waals surface area contributed by atoms with Gasteiger partial charge >= 0.3 is 5.97 Å². The quantitative estimate of drug-likeness (QED) is 0.351. The van der Waals surface area contributed by atoms with E-state index in [-0.39, 0.29) is 17.2 Å². The van der Waals surface area contributed by atoms with Crippen LogP contribution in [0.25, 0.3) is 11.0 Å². The van der Waals surface area contributed by atoms with E-state index < -0.39 is 5.97 Å². The highest BCUT2D eigenvalue weighted by molar-refractivity contribution is 7.99. The fraction of sp³-hybridized carbons (Fsp3) is 0.188. The van der Waals surface area contributed by atoms with E-state index in [2.05, 4.69) is 30.2 Å². The van der Waals surface area contributed by atoms with E-state index in [4.69, 9.17) is 0 Å². The standard InChI is InChI=1S/C16H15N5O4S/c1-8-3-4-9(15(24)25-2)5-11(8)18-12(22)7-26-16-19-13-10(6-17-21-13)14(23)20-16/h3-6H,7H2,1-2H3,(H,18,22)(H2,17,19,20,21,23). The van der Waals surface area contributed by atoms with Crippen LogP contribution in [0.1, 0.15) is 15.9 Å². The first-order chi connectivity index (χ1) is 12.5. The molecule has 134 valence electrons. The van der Waals surface area contributed by atoms with Crippen molar-refractivity contribution in [1.82, 2.24) is 20.2 Å². The molecule has 0 saturated heterocycles. The number of hydrogen-bond donors (Lipinski definition) is 3. The first kappa shape index (κ1) is 17.7. The molecule has 0 bridgehead atoms. The summed E-state index contributed by atoms with van der Waals surface area (Å²) in [6, 6.07) is 4.90. The number of esters is 1. The van der Waals surface area contributed by atoms with Crippen molar-refractivity contribution >= 4 is 40.4 Å². The summed E-state index contributed by atoms with van der Waals surface area (Å²) in [5.74, 6) is -0.748. The molecule has 0 spiro atoms. The van der Waals surface area contributed by atoms with Gasteiger partial charge in [0.1, 0.15) is 5.39 Å². The Kier molecular flexibility index (Phi) is 5.03. The predicted octanol–water partition coefficient (Wildman–Crippen LogP) is 1.47. The third-order valence-electron chi connectivity index (χ3n) is 3.57. The van der Waals surface area contributed by atoms with Crippen molar-refractivity contribution in [2.75, 3.05) is 18.2 Å². The summed E-state index contributed by atoms with van der Waals surface area (Å²) >= 11 is 1.08. The SMILES string of the molecule is COC(=O)c1ccc(C)c(NC(=O)CSc2nc3[nH]ncc3c(=O)[nH]2)c1. The van der Waals surface area contributed by atoms with E-state index in [9.17, 15) is 14.4 Å². The smallest absolute Gasteiger partial charge is 0.337 e. The predicted molar refractivity (Wildman–Crippen MR) is 96.4 cm³/mol. The average Bonchev–Trinajstić information content (AvgIpc) is 3.10. The molecule has 1 aromatic carbocycles. The number of ether oxygens (including phenoxy) is 1. The van der Waals surface area contributed by atoms with Crippen molar-refractivity contribution in [2.45, 2.75) is 12.1 Å². The fourth-order valence-electron chi connectivity index (χ4n) is 2.21. The normalized spacial score (nSPS) is 10.7. The zero-order chi connectivity index (χ0) is 18.7. The second kappa shape index (κ2) is 7.40. The highest BCUT2D eigenvalue weighted by Gasteiger charge is 2.12. The maximum atomic E-state index is 12.2. The van der Waals surface area contributed by atoms with Gasteiger partial charge in [-0.05, 0) is 24.6 Å². The van der Waals surface area contributed by atoms with Crippen LogP contribution in [-0.2, 0) is 9.53 Å². The van der Waals surface area contributed by atoms with E-state index in [0.29, 0.717) is 27.4 Å². The molecule has 9 nitrogen and oxygen atoms in total. The van der Waals surface area contributed by atoms with Crippen molar-refractivity contribution in [3.8, 4) is 0 Å². The van der Waals surface area contributed by atoms with Gasteiger partial charge < -0.3 is 15.0 Å². The minimum Gasteiger partial charge on any atom is -0.465 e. The molecule has 0 aliphatic rings. The van der Waals surface area contributed by atoms with Crippen LogP contribution in [0.15, 0.2) is 34.3 Å². The lowest BCUT2D eigenvalue weighted by molar-refractivity contribution is -0.113. The number of benzene rings is 1. The monoisotopic (exact) mass is 373 g/mol. The number of hydrogen-bond acceptors (Lipinski definition) is 7. The van der Waals surface area contributed by atoms with E-state index in [1.807, 2.05) is 6.92 Å². The minimum absolute atomic E-state index is 0.0322. The van der Waals surface area contributed by atoms with E-state index in [1.54, 1.807) is 18.2 Å². The number of aromatic amines is 2. The summed E-state index contributed by atoms with van der Waals surface area (Å²) in [6.07, 6.45) is 1.39. The van der Waals surface area contributed by atoms with Crippen molar-refractivity contribution < 1.29 is 14.3 Å². The Morgan fingerprint density at radius 1 is 1.35 bits per heavy atom. The van der Waals surface area contributed by atoms with Crippen molar-refractivity contribution in [1.29, 1.82) is 0 Å². The van der Waals surface area contributed by atoms with E-state index in [0.717, 1.165) is 17.3 Å². The van der Waals surface area contributed by atoms with Gasteiger partial charge in [-0.15, -0.1) is 0 Å². The van der Waals surface area contributed by atoms with Gasteiger partial charge in [0.15, 0.2) is 10.8 Å². The summed E-state index contributed by atoms with van der Waals surface area (Å²) < 4.78 is 4.68. The number of thioether (sulfide) groups is 1. The Morgan fingerprint density at radius 3 is 2.92 bits per heavy atom. The number of H-pyrrole nitrogens is 2. The molecular formula is C16H15N5O4S. The molecule has 0 atom stereocenters. The molecule has 0 fully saturated rings. The largest absolute Gasteiger partial charge is 0.465 e. The number of anilines is 1. The molecule has 0 saturated carbocycles. The first-order valence-electron chi connectivity index (χ1n) is 7.53. The molecule has 0 radical (unpaired) electrons. The molecule has 0 aliphatic carbocycles. The average molecular weight is 373 g/mol. The molecule has 2 heterocycles. The second-order valence-electron chi connectivity index (χ2n) is 5.36. The van der Waals surface area contributed by atoms with Gasteiger partial charge in [0.25, 0.3) is 5.56 Å². The molecule has 10 heteroatoms. The topological polar surface area (TPSA) is 130 Å². The number of aryl methyl sites for hydroxylation is 1. The lowest BCUT2D eigenvalue weighted by atomic mass is 10.1. The van der Waals surface area contributed by atoms with Crippen LogP contribution < -0.4 is 10.9 Å². The number of carbonyl (C=O) groups is 2. The van der Waals surface area contributed by atoms with Gasteiger partial charge in [-0.3, -0.25) is 14.7 Å². The molecule has 26 heavy (non-hydrogen) atoms. The Labute approximate surface area is 151 Å². The lowest BCUT2D eigenvalue weighted by Gasteiger charge is -2.10. The highest BCUT2D eigenvalue weighted by atomic mass is 32.2. The molecule has 1 amide bonds. The number of carbonyl (C=O) groups excluding carboxylic acids is 2. The zero-order valence-corrected chi connectivity index (χ0v) is 14.8. The molecular weight excluding hydrogens is 358 g/mol. The Hall–Kier alpha value is -3.14. The third kappa shape index (κ3) is 3.75. The van der Waals surface area contributed by atoms with Crippen LogP contribution in [0, 0.1) is 6.92 Å². The van der Waals surface area contributed by atoms with Gasteiger partial charge in [-0.25, -0.2) is 9.78 Å². The number of amides is 1. The molecule has 0 unspecified atom stereocenters. The molecule has 3 rings (SSSR count). The van der Waals surface area contributed by atoms with E-state index in [1.165, 1.54) is 13.3 Å². The number of nitrogens with one attached hydrogen (secondary N) is 3. The Balaban J connectivity index is 1.68. The van der Waals surface area contributed by atoms with Gasteiger partial charge in [0.05, 0.1) is 24.6 Å². The number of rotatable bonds is 5. The number of aromatic nitrogens is 4. The van der Waals surface area contributed by atoms with Crippen LogP contribution in [-0.4, -0.2) is 44.9 Å². The lowest BCUT2D eigenvalue weighted by Crippen LogP contribution is -2.16. The first-order valence-corrected chi connectivity index (χ1v) is 8.51. The summed E-state index contributed by atoms with van der Waals surface area (Å²) in [4.78, 5) is 42.4. The third-order valence-corrected chi connectivity index (χ3v) is 4.44. The number of nitrogens with zero attached hydrogens (tertiary/aromatic N) is 2. The maximum Gasteiger partial charge on any atom is 0.337 e.